The van der Waals surface area contributed by atoms with E-state index in [-0.39, 0.29) is 12.0 Å². The maximum absolute atomic E-state index is 12.6. The molecule has 1 saturated heterocycles. The van der Waals surface area contributed by atoms with Gasteiger partial charge in [0.25, 0.3) is 0 Å². The average molecular weight is 276 g/mol. The fraction of sp³-hybridized carbons (Fsp3) is 0.562. The molecule has 2 rings (SSSR count). The van der Waals surface area contributed by atoms with Crippen LogP contribution in [0.2, 0.25) is 0 Å². The van der Waals surface area contributed by atoms with Crippen LogP contribution in [0.15, 0.2) is 24.3 Å². The molecule has 1 fully saturated rings. The minimum Gasteiger partial charge on any atom is -0.380 e. The van der Waals surface area contributed by atoms with Gasteiger partial charge in [0, 0.05) is 25.8 Å². The van der Waals surface area contributed by atoms with Gasteiger partial charge < -0.3 is 10.1 Å². The molecule has 20 heavy (non-hydrogen) atoms. The molecule has 0 aromatic heterocycles. The van der Waals surface area contributed by atoms with Gasteiger partial charge in [0.05, 0.1) is 6.10 Å². The van der Waals surface area contributed by atoms with E-state index in [1.807, 2.05) is 38.2 Å². The van der Waals surface area contributed by atoms with Crippen LogP contribution in [-0.4, -0.2) is 43.2 Å². The van der Waals surface area contributed by atoms with Crippen molar-refractivity contribution in [2.45, 2.75) is 38.3 Å². The number of likely N-dealkylation sites (N-methyl/N-ethyl adjacent to an activating group) is 1. The third kappa shape index (κ3) is 2.86. The van der Waals surface area contributed by atoms with Crippen molar-refractivity contribution in [2.24, 2.45) is 0 Å². The van der Waals surface area contributed by atoms with Crippen molar-refractivity contribution >= 4 is 11.6 Å². The summed E-state index contributed by atoms with van der Waals surface area (Å²) in [5.41, 5.74) is 1.61. The summed E-state index contributed by atoms with van der Waals surface area (Å²) in [5, 5.41) is 3.01. The van der Waals surface area contributed by atoms with Crippen LogP contribution < -0.4 is 5.32 Å². The number of benzene rings is 1. The van der Waals surface area contributed by atoms with E-state index in [1.165, 1.54) is 5.56 Å². The van der Waals surface area contributed by atoms with Crippen LogP contribution in [0.4, 0.5) is 5.69 Å². The van der Waals surface area contributed by atoms with Gasteiger partial charge in [0.15, 0.2) is 0 Å². The van der Waals surface area contributed by atoms with E-state index in [1.54, 1.807) is 7.11 Å². The quantitative estimate of drug-likeness (QED) is 0.917. The van der Waals surface area contributed by atoms with Crippen molar-refractivity contribution in [1.29, 1.82) is 0 Å². The summed E-state index contributed by atoms with van der Waals surface area (Å²) < 4.78 is 5.39. The Morgan fingerprint density at radius 3 is 2.60 bits per heavy atom. The van der Waals surface area contributed by atoms with Gasteiger partial charge in [-0.3, -0.25) is 9.69 Å². The number of methoxy groups -OCH3 is 1. The average Bonchev–Trinajstić information content (AvgIpc) is 2.76. The van der Waals surface area contributed by atoms with E-state index in [0.29, 0.717) is 0 Å². The highest BCUT2D eigenvalue weighted by atomic mass is 16.5. The molecule has 0 spiro atoms. The number of nitrogens with one attached hydrogen (secondary N) is 1. The van der Waals surface area contributed by atoms with Crippen LogP contribution in [0.25, 0.3) is 0 Å². The first-order chi connectivity index (χ1) is 9.49. The van der Waals surface area contributed by atoms with Crippen LogP contribution in [0.5, 0.6) is 0 Å². The van der Waals surface area contributed by atoms with Crippen LogP contribution in [0.1, 0.15) is 25.8 Å². The van der Waals surface area contributed by atoms with Crippen molar-refractivity contribution in [3.63, 3.8) is 0 Å². The summed E-state index contributed by atoms with van der Waals surface area (Å²) in [4.78, 5) is 14.6. The summed E-state index contributed by atoms with van der Waals surface area (Å²) in [6.07, 6.45) is 1.85. The van der Waals surface area contributed by atoms with Crippen molar-refractivity contribution in [2.75, 3.05) is 26.0 Å². The van der Waals surface area contributed by atoms with Gasteiger partial charge in [-0.15, -0.1) is 0 Å². The zero-order chi connectivity index (χ0) is 14.8. The van der Waals surface area contributed by atoms with E-state index < -0.39 is 5.54 Å². The number of ether oxygens (including phenoxy) is 1. The van der Waals surface area contributed by atoms with E-state index in [2.05, 4.69) is 17.1 Å². The predicted molar refractivity (Wildman–Crippen MR) is 80.9 cm³/mol. The highest BCUT2D eigenvalue weighted by Crippen LogP contribution is 2.30. The zero-order valence-corrected chi connectivity index (χ0v) is 12.8. The molecule has 1 aliphatic heterocycles. The fourth-order valence-electron chi connectivity index (χ4n) is 2.68. The van der Waals surface area contributed by atoms with Crippen LogP contribution in [0.3, 0.4) is 0 Å². The van der Waals surface area contributed by atoms with Crippen molar-refractivity contribution in [1.82, 2.24) is 4.90 Å². The Kier molecular flexibility index (Phi) is 4.45. The van der Waals surface area contributed by atoms with E-state index in [9.17, 15) is 4.79 Å². The minimum absolute atomic E-state index is 0.0313. The summed E-state index contributed by atoms with van der Waals surface area (Å²) in [5.74, 6) is 0.0313. The molecule has 1 heterocycles. The molecule has 2 unspecified atom stereocenters. The number of carbonyl (C=O) groups excluding carboxylic acids is 1. The largest absolute Gasteiger partial charge is 0.380 e. The van der Waals surface area contributed by atoms with Gasteiger partial charge in [0.2, 0.25) is 5.91 Å². The third-order valence-corrected chi connectivity index (χ3v) is 4.39. The third-order valence-electron chi connectivity index (χ3n) is 4.39. The lowest BCUT2D eigenvalue weighted by Gasteiger charge is -2.30. The number of carbonyl (C=O) groups is 1. The molecule has 1 aromatic rings. The normalized spacial score (nSPS) is 26.7. The number of amides is 1. The van der Waals surface area contributed by atoms with E-state index in [4.69, 9.17) is 4.74 Å². The molecule has 0 radical (unpaired) electrons. The maximum Gasteiger partial charge on any atom is 0.244 e. The number of likely N-dealkylation sites (tertiary alicyclic amines) is 1. The number of nitrogens with zero attached hydrogens (tertiary/aromatic N) is 1. The molecule has 1 N–H and O–H groups in total. The molecule has 0 aliphatic carbocycles. The Morgan fingerprint density at radius 2 is 2.10 bits per heavy atom. The zero-order valence-electron chi connectivity index (χ0n) is 12.8. The molecule has 0 bridgehead atoms. The Morgan fingerprint density at radius 1 is 1.45 bits per heavy atom. The maximum atomic E-state index is 12.6. The van der Waals surface area contributed by atoms with Gasteiger partial charge in [-0.2, -0.15) is 0 Å². The molecule has 4 nitrogen and oxygen atoms in total. The summed E-state index contributed by atoms with van der Waals surface area (Å²) in [7, 11) is 3.67. The number of aryl methyl sites for hydroxylation is 1. The van der Waals surface area contributed by atoms with E-state index >= 15 is 0 Å². The van der Waals surface area contributed by atoms with Crippen LogP contribution in [0, 0.1) is 0 Å². The van der Waals surface area contributed by atoms with Crippen molar-refractivity contribution < 1.29 is 9.53 Å². The summed E-state index contributed by atoms with van der Waals surface area (Å²) >= 11 is 0. The topological polar surface area (TPSA) is 41.6 Å². The molecule has 1 aromatic carbocycles. The first-order valence-electron chi connectivity index (χ1n) is 7.14. The number of hydrogen-bond acceptors (Lipinski definition) is 3. The van der Waals surface area contributed by atoms with E-state index in [0.717, 1.165) is 25.1 Å². The molecule has 0 saturated carbocycles. The molecule has 1 aliphatic rings. The van der Waals surface area contributed by atoms with Crippen LogP contribution in [-0.2, 0) is 16.0 Å². The molecular weight excluding hydrogens is 252 g/mol. The molecule has 1 amide bonds. The SMILES string of the molecule is CCc1ccc(NC(=O)C2(C)CC(OC)CN2C)cc1. The minimum atomic E-state index is -0.510. The van der Waals surface area contributed by atoms with Gasteiger partial charge >= 0.3 is 0 Å². The van der Waals surface area contributed by atoms with Gasteiger partial charge in [-0.05, 0) is 38.1 Å². The second kappa shape index (κ2) is 5.94. The first-order valence-corrected chi connectivity index (χ1v) is 7.14. The molecule has 110 valence electrons. The Labute approximate surface area is 121 Å². The van der Waals surface area contributed by atoms with Gasteiger partial charge in [-0.25, -0.2) is 0 Å². The lowest BCUT2D eigenvalue weighted by molar-refractivity contribution is -0.125. The van der Waals surface area contributed by atoms with Gasteiger partial charge in [0.1, 0.15) is 5.54 Å². The van der Waals surface area contributed by atoms with Crippen molar-refractivity contribution in [3.05, 3.63) is 29.8 Å². The Hall–Kier alpha value is -1.39. The lowest BCUT2D eigenvalue weighted by Crippen LogP contribution is -2.48. The standard InChI is InChI=1S/C16H24N2O2/c1-5-12-6-8-13(9-7-12)17-15(19)16(2)10-14(20-4)11-18(16)3/h6-9,14H,5,10-11H2,1-4H3,(H,17,19). The number of rotatable bonds is 4. The fourth-order valence-corrected chi connectivity index (χ4v) is 2.68. The van der Waals surface area contributed by atoms with Gasteiger partial charge in [-0.1, -0.05) is 19.1 Å². The Balaban J connectivity index is 2.07. The second-order valence-corrected chi connectivity index (χ2v) is 5.72. The Bertz CT molecular complexity index is 472. The lowest BCUT2D eigenvalue weighted by atomic mass is 9.97. The number of hydrogen-bond donors (Lipinski definition) is 1. The molecular formula is C16H24N2O2. The highest BCUT2D eigenvalue weighted by molar-refractivity contribution is 5.98. The monoisotopic (exact) mass is 276 g/mol. The first kappa shape index (κ1) is 15.0. The predicted octanol–water partition coefficient (Wildman–Crippen LogP) is 2.30. The second-order valence-electron chi connectivity index (χ2n) is 5.72. The smallest absolute Gasteiger partial charge is 0.244 e. The van der Waals surface area contributed by atoms with Crippen molar-refractivity contribution in [3.8, 4) is 0 Å². The summed E-state index contributed by atoms with van der Waals surface area (Å²) in [6.45, 7) is 4.88. The molecule has 2 atom stereocenters. The highest BCUT2D eigenvalue weighted by Gasteiger charge is 2.45. The number of anilines is 1. The van der Waals surface area contributed by atoms with Crippen LogP contribution >= 0.6 is 0 Å². The molecule has 4 heteroatoms. The summed E-state index contributed by atoms with van der Waals surface area (Å²) in [6, 6.07) is 8.02.